The highest BCUT2D eigenvalue weighted by atomic mass is 32.2. The average Bonchev–Trinajstić information content (AvgIpc) is 2.72. The zero-order chi connectivity index (χ0) is 14.0. The molecule has 0 radical (unpaired) electrons. The second-order valence-corrected chi connectivity index (χ2v) is 5.17. The predicted molar refractivity (Wildman–Crippen MR) is 61.1 cm³/mol. The van der Waals surface area contributed by atoms with Crippen LogP contribution in [-0.2, 0) is 16.6 Å². The van der Waals surface area contributed by atoms with Gasteiger partial charge in [-0.3, -0.25) is 0 Å². The first-order chi connectivity index (χ1) is 8.86. The fourth-order valence-electron chi connectivity index (χ4n) is 1.36. The lowest BCUT2D eigenvalue weighted by Crippen LogP contribution is -2.14. The average molecular weight is 287 g/mol. The Labute approximate surface area is 108 Å². The van der Waals surface area contributed by atoms with Crippen molar-refractivity contribution >= 4 is 10.0 Å². The molecule has 102 valence electrons. The van der Waals surface area contributed by atoms with Gasteiger partial charge in [-0.2, -0.15) is 0 Å². The maximum absolute atomic E-state index is 13.0. The van der Waals surface area contributed by atoms with Gasteiger partial charge in [-0.1, -0.05) is 0 Å². The third-order valence-electron chi connectivity index (χ3n) is 2.13. The smallest absolute Gasteiger partial charge is 0.253 e. The highest BCUT2D eigenvalue weighted by Crippen LogP contribution is 2.24. The van der Waals surface area contributed by atoms with E-state index in [1.807, 2.05) is 0 Å². The molecule has 2 N–H and O–H groups in total. The molecule has 2 rings (SSSR count). The van der Waals surface area contributed by atoms with Crippen molar-refractivity contribution in [3.8, 4) is 5.75 Å². The van der Waals surface area contributed by atoms with Crippen molar-refractivity contribution in [1.82, 2.24) is 10.2 Å². The number of ether oxygens (including phenoxy) is 1. The summed E-state index contributed by atoms with van der Waals surface area (Å²) in [6.45, 7) is 1.46. The molecule has 9 heteroatoms. The molecule has 1 heterocycles. The van der Waals surface area contributed by atoms with Crippen LogP contribution in [0.15, 0.2) is 27.5 Å². The van der Waals surface area contributed by atoms with E-state index in [2.05, 4.69) is 10.2 Å². The fourth-order valence-corrected chi connectivity index (χ4v) is 2.04. The van der Waals surface area contributed by atoms with Gasteiger partial charge in [0.2, 0.25) is 15.9 Å². The highest BCUT2D eigenvalue weighted by Gasteiger charge is 2.17. The van der Waals surface area contributed by atoms with Crippen LogP contribution >= 0.6 is 0 Å². The third kappa shape index (κ3) is 3.26. The maximum atomic E-state index is 13.0. The Kier molecular flexibility index (Phi) is 3.49. The van der Waals surface area contributed by atoms with Gasteiger partial charge in [-0.05, 0) is 18.2 Å². The molecule has 2 aromatic rings. The minimum Gasteiger partial charge on any atom is -0.482 e. The van der Waals surface area contributed by atoms with Crippen molar-refractivity contribution in [2.24, 2.45) is 5.14 Å². The van der Waals surface area contributed by atoms with Crippen molar-refractivity contribution in [3.05, 3.63) is 35.8 Å². The fraction of sp³-hybridized carbons (Fsp3) is 0.200. The number of nitrogens with zero attached hydrogens (tertiary/aromatic N) is 2. The van der Waals surface area contributed by atoms with Crippen molar-refractivity contribution in [3.63, 3.8) is 0 Å². The summed E-state index contributed by atoms with van der Waals surface area (Å²) < 4.78 is 45.9. The zero-order valence-electron chi connectivity index (χ0n) is 9.83. The molecule has 0 saturated carbocycles. The van der Waals surface area contributed by atoms with Crippen LogP contribution in [0.3, 0.4) is 0 Å². The monoisotopic (exact) mass is 287 g/mol. The molecular formula is C10H10FN3O4S. The second kappa shape index (κ2) is 4.94. The van der Waals surface area contributed by atoms with E-state index in [0.717, 1.165) is 18.2 Å². The van der Waals surface area contributed by atoms with Gasteiger partial charge in [0.25, 0.3) is 5.89 Å². The molecule has 1 aromatic carbocycles. The molecule has 0 spiro atoms. The van der Waals surface area contributed by atoms with Gasteiger partial charge < -0.3 is 9.15 Å². The molecule has 0 aliphatic rings. The van der Waals surface area contributed by atoms with Crippen molar-refractivity contribution in [2.45, 2.75) is 18.4 Å². The number of rotatable bonds is 4. The van der Waals surface area contributed by atoms with Crippen LogP contribution in [-0.4, -0.2) is 18.6 Å². The van der Waals surface area contributed by atoms with Crippen LogP contribution in [0, 0.1) is 12.7 Å². The summed E-state index contributed by atoms with van der Waals surface area (Å²) >= 11 is 0. The Balaban J connectivity index is 2.25. The van der Waals surface area contributed by atoms with E-state index in [4.69, 9.17) is 14.3 Å². The Bertz CT molecular complexity index is 699. The van der Waals surface area contributed by atoms with Gasteiger partial charge in [0, 0.05) is 6.92 Å². The Morgan fingerprint density at radius 2 is 2.16 bits per heavy atom. The number of primary sulfonamides is 1. The van der Waals surface area contributed by atoms with Crippen molar-refractivity contribution in [1.29, 1.82) is 0 Å². The summed E-state index contributed by atoms with van der Waals surface area (Å²) in [5.74, 6) is -0.295. The van der Waals surface area contributed by atoms with E-state index >= 15 is 0 Å². The van der Waals surface area contributed by atoms with E-state index in [9.17, 15) is 12.8 Å². The van der Waals surface area contributed by atoms with Crippen molar-refractivity contribution < 1.29 is 22.0 Å². The zero-order valence-corrected chi connectivity index (χ0v) is 10.6. The predicted octanol–water partition coefficient (Wildman–Crippen LogP) is 0.744. The standard InChI is InChI=1S/C10H10FN3O4S/c1-6-13-14-10(18-6)5-17-8-3-2-7(11)4-9(8)19(12,15)16/h2-4H,5H2,1H3,(H2,12,15,16). The second-order valence-electron chi connectivity index (χ2n) is 3.64. The van der Waals surface area contributed by atoms with Crippen LogP contribution in [0.25, 0.3) is 0 Å². The van der Waals surface area contributed by atoms with Crippen LogP contribution in [0.2, 0.25) is 0 Å². The van der Waals surface area contributed by atoms with E-state index in [-0.39, 0.29) is 18.2 Å². The minimum atomic E-state index is -4.09. The van der Waals surface area contributed by atoms with Crippen molar-refractivity contribution in [2.75, 3.05) is 0 Å². The van der Waals surface area contributed by atoms with E-state index in [0.29, 0.717) is 5.89 Å². The molecule has 0 saturated heterocycles. The molecule has 0 unspecified atom stereocenters. The summed E-state index contributed by atoms with van der Waals surface area (Å²) in [5.41, 5.74) is 0. The summed E-state index contributed by atoms with van der Waals surface area (Å²) in [6, 6.07) is 3.01. The molecule has 7 nitrogen and oxygen atoms in total. The van der Waals surface area contributed by atoms with Gasteiger partial charge >= 0.3 is 0 Å². The number of aromatic nitrogens is 2. The summed E-state index contributed by atoms with van der Waals surface area (Å²) in [6.07, 6.45) is 0. The topological polar surface area (TPSA) is 108 Å². The van der Waals surface area contributed by atoms with Gasteiger partial charge in [0.1, 0.15) is 16.5 Å². The quantitative estimate of drug-likeness (QED) is 0.888. The van der Waals surface area contributed by atoms with Gasteiger partial charge in [-0.15, -0.1) is 10.2 Å². The lowest BCUT2D eigenvalue weighted by Gasteiger charge is -2.08. The first kappa shape index (κ1) is 13.4. The number of nitrogens with two attached hydrogens (primary N) is 1. The molecule has 0 fully saturated rings. The molecular weight excluding hydrogens is 277 g/mol. The molecule has 0 amide bonds. The first-order valence-electron chi connectivity index (χ1n) is 5.10. The number of aryl methyl sites for hydroxylation is 1. The Morgan fingerprint density at radius 3 is 2.74 bits per heavy atom. The largest absolute Gasteiger partial charge is 0.482 e. The Morgan fingerprint density at radius 1 is 1.42 bits per heavy atom. The Hall–Kier alpha value is -2.00. The molecule has 0 aliphatic carbocycles. The molecule has 19 heavy (non-hydrogen) atoms. The number of sulfonamides is 1. The molecule has 0 aliphatic heterocycles. The SMILES string of the molecule is Cc1nnc(COc2ccc(F)cc2S(N)(=O)=O)o1. The van der Waals surface area contributed by atoms with Gasteiger partial charge in [-0.25, -0.2) is 17.9 Å². The molecule has 0 bridgehead atoms. The molecule has 1 aromatic heterocycles. The lowest BCUT2D eigenvalue weighted by atomic mass is 10.3. The van der Waals surface area contributed by atoms with E-state index in [1.165, 1.54) is 0 Å². The number of halogens is 1. The molecule has 0 atom stereocenters. The summed E-state index contributed by atoms with van der Waals surface area (Å²) in [7, 11) is -4.09. The van der Waals surface area contributed by atoms with Gasteiger partial charge in [0.05, 0.1) is 0 Å². The van der Waals surface area contributed by atoms with Crippen LogP contribution < -0.4 is 9.88 Å². The van der Waals surface area contributed by atoms with E-state index < -0.39 is 20.7 Å². The van der Waals surface area contributed by atoms with E-state index in [1.54, 1.807) is 6.92 Å². The van der Waals surface area contributed by atoms with Crippen LogP contribution in [0.1, 0.15) is 11.8 Å². The maximum Gasteiger partial charge on any atom is 0.253 e. The van der Waals surface area contributed by atoms with Crippen LogP contribution in [0.4, 0.5) is 4.39 Å². The third-order valence-corrected chi connectivity index (χ3v) is 3.06. The van der Waals surface area contributed by atoms with Crippen LogP contribution in [0.5, 0.6) is 5.75 Å². The summed E-state index contributed by atoms with van der Waals surface area (Å²) in [5, 5.41) is 12.2. The minimum absolute atomic E-state index is 0.0836. The summed E-state index contributed by atoms with van der Waals surface area (Å²) in [4.78, 5) is -0.441. The first-order valence-corrected chi connectivity index (χ1v) is 6.65. The normalized spacial score (nSPS) is 11.5. The highest BCUT2D eigenvalue weighted by molar-refractivity contribution is 7.89. The lowest BCUT2D eigenvalue weighted by molar-refractivity contribution is 0.254. The number of benzene rings is 1. The van der Waals surface area contributed by atoms with Gasteiger partial charge in [0.15, 0.2) is 6.61 Å². The number of hydrogen-bond donors (Lipinski definition) is 1. The number of hydrogen-bond acceptors (Lipinski definition) is 6.